The molecule has 0 saturated heterocycles. The van der Waals surface area contributed by atoms with Gasteiger partial charge in [0.2, 0.25) is 0 Å². The molecule has 41 heavy (non-hydrogen) atoms. The minimum Gasteiger partial charge on any atom is -0.424 e. The highest BCUT2D eigenvalue weighted by Gasteiger charge is 2.43. The molecule has 3 nitrogen and oxygen atoms in total. The second-order valence-corrected chi connectivity index (χ2v) is 12.7. The highest BCUT2D eigenvalue weighted by atomic mass is 16.5. The summed E-state index contributed by atoms with van der Waals surface area (Å²) in [5.74, 6) is 0.869. The fraction of sp³-hybridized carbons (Fsp3) is 0.632. The van der Waals surface area contributed by atoms with E-state index in [9.17, 15) is 10.1 Å². The second-order valence-electron chi connectivity index (χ2n) is 12.7. The Morgan fingerprint density at radius 2 is 1.44 bits per heavy atom. The molecule has 0 aliphatic heterocycles. The Labute approximate surface area is 251 Å². The Bertz CT molecular complexity index is 1070. The maximum absolute atomic E-state index is 13.9. The summed E-state index contributed by atoms with van der Waals surface area (Å²) in [4.78, 5) is 13.9. The summed E-state index contributed by atoms with van der Waals surface area (Å²) in [7, 11) is 0. The summed E-state index contributed by atoms with van der Waals surface area (Å²) in [6, 6.07) is 16.9. The molecule has 3 rings (SSSR count). The molecule has 0 N–H and O–H groups in total. The first-order valence-corrected chi connectivity index (χ1v) is 16.9. The second kappa shape index (κ2) is 18.0. The molecule has 224 valence electrons. The van der Waals surface area contributed by atoms with Crippen LogP contribution < -0.4 is 4.74 Å². The maximum atomic E-state index is 13.9. The van der Waals surface area contributed by atoms with Gasteiger partial charge in [0.05, 0.1) is 11.0 Å². The van der Waals surface area contributed by atoms with Gasteiger partial charge in [0.25, 0.3) is 0 Å². The van der Waals surface area contributed by atoms with Gasteiger partial charge in [-0.3, -0.25) is 4.79 Å². The first kappa shape index (κ1) is 32.9. The fourth-order valence-electron chi connectivity index (χ4n) is 6.54. The van der Waals surface area contributed by atoms with E-state index in [0.717, 1.165) is 62.5 Å². The van der Waals surface area contributed by atoms with Crippen LogP contribution >= 0.6 is 0 Å². The third kappa shape index (κ3) is 10.3. The van der Waals surface area contributed by atoms with E-state index in [1.54, 1.807) is 0 Å². The topological polar surface area (TPSA) is 50.1 Å². The molecule has 3 heteroatoms. The molecular weight excluding hydrogens is 502 g/mol. The highest BCUT2D eigenvalue weighted by Crippen LogP contribution is 2.41. The van der Waals surface area contributed by atoms with Crippen LogP contribution in [0.15, 0.2) is 42.5 Å². The molecule has 0 spiro atoms. The van der Waals surface area contributed by atoms with Crippen LogP contribution in [0, 0.1) is 17.2 Å². The Morgan fingerprint density at radius 3 is 2.10 bits per heavy atom. The standard InChI is InChI=1S/C38H55NO2/c1-4-6-8-9-10-11-12-15-19-32-22-25-36(34(29-32)30-39)41-37(40)38(26-16-13-17-27-38)35-23-20-33(21-24-35)28-31(3)18-14-7-5-2/h20-25,29,31H,4-19,26-28H2,1-3H3. The summed E-state index contributed by atoms with van der Waals surface area (Å²) < 4.78 is 6.07. The van der Waals surface area contributed by atoms with Crippen LogP contribution in [0.1, 0.15) is 152 Å². The Balaban J connectivity index is 1.62. The lowest BCUT2D eigenvalue weighted by Crippen LogP contribution is -2.41. The number of aryl methyl sites for hydroxylation is 1. The number of carbonyl (C=O) groups excluding carboxylic acids is 1. The van der Waals surface area contributed by atoms with Crippen LogP contribution in [0.3, 0.4) is 0 Å². The molecule has 0 aromatic heterocycles. The zero-order valence-corrected chi connectivity index (χ0v) is 26.3. The number of hydrogen-bond donors (Lipinski definition) is 0. The van der Waals surface area contributed by atoms with E-state index in [-0.39, 0.29) is 5.97 Å². The van der Waals surface area contributed by atoms with Crippen molar-refractivity contribution in [2.45, 2.75) is 148 Å². The summed E-state index contributed by atoms with van der Waals surface area (Å²) >= 11 is 0. The van der Waals surface area contributed by atoms with Crippen LogP contribution in [0.4, 0.5) is 0 Å². The van der Waals surface area contributed by atoms with Crippen LogP contribution in [0.2, 0.25) is 0 Å². The van der Waals surface area contributed by atoms with Crippen molar-refractivity contribution in [3.8, 4) is 11.8 Å². The van der Waals surface area contributed by atoms with Crippen LogP contribution in [-0.4, -0.2) is 5.97 Å². The lowest BCUT2D eigenvalue weighted by atomic mass is 9.69. The van der Waals surface area contributed by atoms with Crippen molar-refractivity contribution in [2.24, 2.45) is 5.92 Å². The minimum atomic E-state index is -0.633. The summed E-state index contributed by atoms with van der Waals surface area (Å²) in [5, 5.41) is 9.89. The monoisotopic (exact) mass is 557 g/mol. The Morgan fingerprint density at radius 1 is 0.829 bits per heavy atom. The number of nitriles is 1. The summed E-state index contributed by atoms with van der Waals surface area (Å²) in [6.07, 6.45) is 22.3. The van der Waals surface area contributed by atoms with Gasteiger partial charge in [0, 0.05) is 0 Å². The third-order valence-electron chi connectivity index (χ3n) is 9.18. The number of nitrogens with zero attached hydrogens (tertiary/aromatic N) is 1. The van der Waals surface area contributed by atoms with E-state index in [4.69, 9.17) is 4.74 Å². The number of rotatable bonds is 18. The van der Waals surface area contributed by atoms with Crippen molar-refractivity contribution < 1.29 is 9.53 Å². The van der Waals surface area contributed by atoms with Gasteiger partial charge in [-0.2, -0.15) is 5.26 Å². The van der Waals surface area contributed by atoms with Gasteiger partial charge in [-0.15, -0.1) is 0 Å². The summed E-state index contributed by atoms with van der Waals surface area (Å²) in [6.45, 7) is 6.85. The van der Waals surface area contributed by atoms with E-state index in [1.165, 1.54) is 76.2 Å². The summed E-state index contributed by atoms with van der Waals surface area (Å²) in [5.41, 5.74) is 3.39. The van der Waals surface area contributed by atoms with Crippen LogP contribution in [0.5, 0.6) is 5.75 Å². The third-order valence-corrected chi connectivity index (χ3v) is 9.18. The molecule has 1 fully saturated rings. The normalized spacial score (nSPS) is 15.3. The lowest BCUT2D eigenvalue weighted by Gasteiger charge is -2.35. The van der Waals surface area contributed by atoms with Crippen LogP contribution in [-0.2, 0) is 23.1 Å². The van der Waals surface area contributed by atoms with Gasteiger partial charge in [-0.25, -0.2) is 0 Å². The van der Waals surface area contributed by atoms with E-state index < -0.39 is 5.41 Å². The number of hydrogen-bond acceptors (Lipinski definition) is 3. The van der Waals surface area contributed by atoms with E-state index in [0.29, 0.717) is 17.2 Å². The SMILES string of the molecule is CCCCCCCCCCc1ccc(OC(=O)C2(c3ccc(CC(C)CCCCC)cc3)CCCCC2)c(C#N)c1. The number of carbonyl (C=O) groups is 1. The predicted octanol–water partition coefficient (Wildman–Crippen LogP) is 10.8. The Kier molecular flexibility index (Phi) is 14.5. The first-order chi connectivity index (χ1) is 20.0. The van der Waals surface area contributed by atoms with Crippen molar-refractivity contribution in [1.29, 1.82) is 5.26 Å². The molecule has 2 aromatic rings. The van der Waals surface area contributed by atoms with Crippen molar-refractivity contribution in [1.82, 2.24) is 0 Å². The van der Waals surface area contributed by atoms with Crippen molar-refractivity contribution >= 4 is 5.97 Å². The van der Waals surface area contributed by atoms with Gasteiger partial charge in [-0.1, -0.05) is 141 Å². The molecule has 1 aliphatic rings. The molecule has 0 radical (unpaired) electrons. The lowest BCUT2D eigenvalue weighted by molar-refractivity contribution is -0.142. The van der Waals surface area contributed by atoms with Crippen molar-refractivity contribution in [3.63, 3.8) is 0 Å². The smallest absolute Gasteiger partial charge is 0.321 e. The van der Waals surface area contributed by atoms with E-state index >= 15 is 0 Å². The molecule has 1 aliphatic carbocycles. The molecule has 0 bridgehead atoms. The fourth-order valence-corrected chi connectivity index (χ4v) is 6.54. The van der Waals surface area contributed by atoms with Gasteiger partial charge < -0.3 is 4.74 Å². The zero-order chi connectivity index (χ0) is 29.3. The van der Waals surface area contributed by atoms with Gasteiger partial charge in [0.15, 0.2) is 0 Å². The van der Waals surface area contributed by atoms with Gasteiger partial charge in [-0.05, 0) is 66.8 Å². The van der Waals surface area contributed by atoms with Gasteiger partial charge >= 0.3 is 5.97 Å². The average Bonchev–Trinajstić information content (AvgIpc) is 3.00. The number of ether oxygens (including phenoxy) is 1. The van der Waals surface area contributed by atoms with Crippen molar-refractivity contribution in [2.75, 3.05) is 0 Å². The van der Waals surface area contributed by atoms with Gasteiger partial charge in [0.1, 0.15) is 11.8 Å². The largest absolute Gasteiger partial charge is 0.424 e. The van der Waals surface area contributed by atoms with E-state index in [1.807, 2.05) is 18.2 Å². The van der Waals surface area contributed by atoms with E-state index in [2.05, 4.69) is 51.1 Å². The molecular formula is C38H55NO2. The predicted molar refractivity (Wildman–Crippen MR) is 171 cm³/mol. The molecule has 2 aromatic carbocycles. The molecule has 0 amide bonds. The highest BCUT2D eigenvalue weighted by molar-refractivity contribution is 5.85. The first-order valence-electron chi connectivity index (χ1n) is 16.9. The molecule has 1 saturated carbocycles. The number of esters is 1. The Hall–Kier alpha value is -2.60. The molecule has 1 unspecified atom stereocenters. The number of unbranched alkanes of at least 4 members (excludes halogenated alkanes) is 9. The number of benzene rings is 2. The van der Waals surface area contributed by atoms with Crippen molar-refractivity contribution in [3.05, 3.63) is 64.7 Å². The quantitative estimate of drug-likeness (QED) is 0.104. The van der Waals surface area contributed by atoms with Crippen LogP contribution in [0.25, 0.3) is 0 Å². The average molecular weight is 558 g/mol. The molecule has 1 atom stereocenters. The maximum Gasteiger partial charge on any atom is 0.321 e. The zero-order valence-electron chi connectivity index (χ0n) is 26.3. The molecule has 0 heterocycles. The minimum absolute atomic E-state index is 0.204.